The normalized spacial score (nSPS) is 12.9. The topological polar surface area (TPSA) is 108 Å². The number of halogens is 4. The van der Waals surface area contributed by atoms with Crippen LogP contribution >= 0.6 is 0 Å². The Morgan fingerprint density at radius 1 is 1.28 bits per heavy atom. The average molecular weight is 411 g/mol. The van der Waals surface area contributed by atoms with E-state index < -0.39 is 30.5 Å². The number of anilines is 1. The first-order chi connectivity index (χ1) is 13.6. The molecular weight excluding hydrogens is 394 g/mol. The van der Waals surface area contributed by atoms with Gasteiger partial charge in [0.2, 0.25) is 5.91 Å². The van der Waals surface area contributed by atoms with Crippen LogP contribution in [-0.2, 0) is 4.79 Å². The summed E-state index contributed by atoms with van der Waals surface area (Å²) >= 11 is 0. The lowest BCUT2D eigenvalue weighted by Gasteiger charge is -2.22. The minimum absolute atomic E-state index is 0.131. The number of rotatable bonds is 6. The van der Waals surface area contributed by atoms with E-state index in [1.165, 1.54) is 18.5 Å². The molecule has 0 fully saturated rings. The number of carbonyl (C=O) groups excluding carboxylic acids is 1. The maximum absolute atomic E-state index is 13.5. The number of nitrogens with one attached hydrogen (secondary N) is 3. The van der Waals surface area contributed by atoms with E-state index in [0.29, 0.717) is 16.6 Å². The van der Waals surface area contributed by atoms with Crippen molar-refractivity contribution in [1.29, 1.82) is 0 Å². The van der Waals surface area contributed by atoms with Gasteiger partial charge in [0.05, 0.1) is 12.4 Å². The molecule has 8 nitrogen and oxygen atoms in total. The first kappa shape index (κ1) is 20.4. The van der Waals surface area contributed by atoms with Crippen molar-refractivity contribution >= 4 is 22.8 Å². The molecule has 0 aliphatic rings. The zero-order chi connectivity index (χ0) is 21.2. The number of pyridine rings is 1. The maximum Gasteiger partial charge on any atom is 0.405 e. The monoisotopic (exact) mass is 411 g/mol. The van der Waals surface area contributed by atoms with Crippen LogP contribution in [0.15, 0.2) is 24.7 Å². The summed E-state index contributed by atoms with van der Waals surface area (Å²) in [6.07, 6.45) is -0.677. The van der Waals surface area contributed by atoms with E-state index in [0.717, 1.165) is 6.20 Å². The predicted molar refractivity (Wildman–Crippen MR) is 96.2 cm³/mol. The number of hydrogen-bond donors (Lipinski definition) is 3. The number of H-pyrrole nitrogens is 1. The van der Waals surface area contributed by atoms with Gasteiger partial charge in [-0.05, 0) is 12.0 Å². The molecule has 12 heteroatoms. The van der Waals surface area contributed by atoms with Gasteiger partial charge >= 0.3 is 6.18 Å². The summed E-state index contributed by atoms with van der Waals surface area (Å²) in [7, 11) is 0. The molecule has 3 N–H and O–H groups in total. The molecule has 3 heterocycles. The first-order valence-corrected chi connectivity index (χ1v) is 8.58. The van der Waals surface area contributed by atoms with Crippen LogP contribution < -0.4 is 10.6 Å². The fourth-order valence-corrected chi connectivity index (χ4v) is 2.64. The van der Waals surface area contributed by atoms with Gasteiger partial charge in [0, 0.05) is 17.1 Å². The molecule has 154 valence electrons. The van der Waals surface area contributed by atoms with Gasteiger partial charge in [-0.2, -0.15) is 18.3 Å². The van der Waals surface area contributed by atoms with Gasteiger partial charge < -0.3 is 15.6 Å². The molecule has 0 bridgehead atoms. The summed E-state index contributed by atoms with van der Waals surface area (Å²) in [5, 5.41) is 12.8. The molecule has 0 aliphatic carbocycles. The number of carbonyl (C=O) groups is 1. The van der Waals surface area contributed by atoms with Crippen LogP contribution in [0.1, 0.15) is 13.8 Å². The third kappa shape index (κ3) is 4.95. The highest BCUT2D eigenvalue weighted by Gasteiger charge is 2.30. The Labute approximate surface area is 162 Å². The Hall–Kier alpha value is -3.31. The Morgan fingerprint density at radius 3 is 2.72 bits per heavy atom. The second-order valence-electron chi connectivity index (χ2n) is 6.62. The van der Waals surface area contributed by atoms with Gasteiger partial charge in [0.15, 0.2) is 5.82 Å². The Morgan fingerprint density at radius 2 is 2.03 bits per heavy atom. The Kier molecular flexibility index (Phi) is 5.62. The van der Waals surface area contributed by atoms with Crippen LogP contribution in [0.25, 0.3) is 22.4 Å². The SMILES string of the molecule is CC(C)C(Nc1cnnc(-c2c[nH]c3ncc(F)cc23)n1)C(=O)NCC(F)(F)F. The zero-order valence-electron chi connectivity index (χ0n) is 15.4. The Bertz CT molecular complexity index is 1020. The number of alkyl halides is 3. The number of aromatic nitrogens is 5. The van der Waals surface area contributed by atoms with Crippen LogP contribution in [0, 0.1) is 11.7 Å². The first-order valence-electron chi connectivity index (χ1n) is 8.58. The molecule has 0 radical (unpaired) electrons. The maximum atomic E-state index is 13.5. The number of hydrogen-bond acceptors (Lipinski definition) is 6. The van der Waals surface area contributed by atoms with Crippen LogP contribution in [0.2, 0.25) is 0 Å². The van der Waals surface area contributed by atoms with E-state index in [-0.39, 0.29) is 17.6 Å². The average Bonchev–Trinajstić information content (AvgIpc) is 3.06. The molecule has 0 aromatic carbocycles. The molecule has 29 heavy (non-hydrogen) atoms. The highest BCUT2D eigenvalue weighted by atomic mass is 19.4. The largest absolute Gasteiger partial charge is 0.405 e. The van der Waals surface area contributed by atoms with E-state index in [9.17, 15) is 22.4 Å². The summed E-state index contributed by atoms with van der Waals surface area (Å²) in [4.78, 5) is 23.2. The van der Waals surface area contributed by atoms with Gasteiger partial charge in [0.25, 0.3) is 0 Å². The number of nitrogens with zero attached hydrogens (tertiary/aromatic N) is 4. The minimum atomic E-state index is -4.51. The van der Waals surface area contributed by atoms with E-state index in [2.05, 4.69) is 30.5 Å². The van der Waals surface area contributed by atoms with Crippen molar-refractivity contribution in [2.45, 2.75) is 26.1 Å². The second kappa shape index (κ2) is 7.97. The van der Waals surface area contributed by atoms with Crippen LogP contribution in [0.4, 0.5) is 23.4 Å². The van der Waals surface area contributed by atoms with Gasteiger partial charge in [-0.1, -0.05) is 13.8 Å². The molecule has 3 aromatic heterocycles. The quantitative estimate of drug-likeness (QED) is 0.538. The van der Waals surface area contributed by atoms with Crippen molar-refractivity contribution in [3.05, 3.63) is 30.5 Å². The second-order valence-corrected chi connectivity index (χ2v) is 6.62. The smallest absolute Gasteiger partial charge is 0.357 e. The number of amides is 1. The summed E-state index contributed by atoms with van der Waals surface area (Å²) < 4.78 is 50.6. The lowest BCUT2D eigenvalue weighted by Crippen LogP contribution is -2.46. The van der Waals surface area contributed by atoms with Crippen molar-refractivity contribution in [3.63, 3.8) is 0 Å². The van der Waals surface area contributed by atoms with Gasteiger partial charge in [0.1, 0.15) is 29.9 Å². The molecule has 1 unspecified atom stereocenters. The molecule has 0 saturated heterocycles. The molecular formula is C17H17F4N7O. The summed E-state index contributed by atoms with van der Waals surface area (Å²) in [6, 6.07) is 0.281. The highest BCUT2D eigenvalue weighted by molar-refractivity contribution is 5.91. The van der Waals surface area contributed by atoms with E-state index in [1.54, 1.807) is 13.8 Å². The van der Waals surface area contributed by atoms with Crippen molar-refractivity contribution in [1.82, 2.24) is 30.5 Å². The summed E-state index contributed by atoms with van der Waals surface area (Å²) in [5.74, 6) is -1.44. The van der Waals surface area contributed by atoms with Gasteiger partial charge in [-0.3, -0.25) is 4.79 Å². The molecule has 0 aliphatic heterocycles. The van der Waals surface area contributed by atoms with Crippen LogP contribution in [0.3, 0.4) is 0 Å². The van der Waals surface area contributed by atoms with Crippen LogP contribution in [-0.4, -0.2) is 49.8 Å². The van der Waals surface area contributed by atoms with Crippen molar-refractivity contribution < 1.29 is 22.4 Å². The summed E-state index contributed by atoms with van der Waals surface area (Å²) in [5.41, 5.74) is 0.862. The van der Waals surface area contributed by atoms with Gasteiger partial charge in [-0.25, -0.2) is 14.4 Å². The van der Waals surface area contributed by atoms with Crippen molar-refractivity contribution in [2.24, 2.45) is 5.92 Å². The fraction of sp³-hybridized carbons (Fsp3) is 0.353. The lowest BCUT2D eigenvalue weighted by molar-refractivity contribution is -0.139. The Balaban J connectivity index is 1.84. The summed E-state index contributed by atoms with van der Waals surface area (Å²) in [6.45, 7) is 1.92. The molecule has 1 amide bonds. The molecule has 3 rings (SSSR count). The van der Waals surface area contributed by atoms with Crippen LogP contribution in [0.5, 0.6) is 0 Å². The van der Waals surface area contributed by atoms with E-state index >= 15 is 0 Å². The standard InChI is InChI=1S/C17H17F4N7O/c1-8(2)13(16(29)24-7-17(19,20)21)26-12-6-25-28-15(27-12)11-5-23-14-10(11)3-9(18)4-22-14/h3-6,8,13H,7H2,1-2H3,(H,22,23)(H,24,29)(H,26,27,28). The van der Waals surface area contributed by atoms with Gasteiger partial charge in [-0.15, -0.1) is 5.10 Å². The van der Waals surface area contributed by atoms with E-state index in [4.69, 9.17) is 0 Å². The zero-order valence-corrected chi connectivity index (χ0v) is 15.4. The number of aromatic amines is 1. The van der Waals surface area contributed by atoms with Crippen molar-refractivity contribution in [3.8, 4) is 11.4 Å². The third-order valence-electron chi connectivity index (χ3n) is 4.01. The predicted octanol–water partition coefficient (Wildman–Crippen LogP) is 2.67. The molecule has 0 spiro atoms. The number of fused-ring (bicyclic) bond motifs is 1. The minimum Gasteiger partial charge on any atom is -0.357 e. The molecule has 3 aromatic rings. The fourth-order valence-electron chi connectivity index (χ4n) is 2.64. The van der Waals surface area contributed by atoms with Crippen molar-refractivity contribution in [2.75, 3.05) is 11.9 Å². The highest BCUT2D eigenvalue weighted by Crippen LogP contribution is 2.26. The molecule has 0 saturated carbocycles. The lowest BCUT2D eigenvalue weighted by atomic mass is 10.0. The molecule has 1 atom stereocenters. The third-order valence-corrected chi connectivity index (χ3v) is 4.01. The van der Waals surface area contributed by atoms with E-state index in [1.807, 2.05) is 5.32 Å².